The van der Waals surface area contributed by atoms with Crippen molar-refractivity contribution in [3.05, 3.63) is 29.8 Å². The van der Waals surface area contributed by atoms with E-state index >= 15 is 0 Å². The van der Waals surface area contributed by atoms with Gasteiger partial charge in [-0.1, -0.05) is 44.9 Å². The Labute approximate surface area is 130 Å². The minimum absolute atomic E-state index is 0.712. The van der Waals surface area contributed by atoms with Crippen LogP contribution in [0.2, 0.25) is 0 Å². The van der Waals surface area contributed by atoms with E-state index in [2.05, 4.69) is 31.3 Å². The van der Waals surface area contributed by atoms with Gasteiger partial charge in [0.05, 0.1) is 7.11 Å². The number of nitrogens with one attached hydrogen (secondary N) is 1. The molecule has 1 fully saturated rings. The van der Waals surface area contributed by atoms with E-state index in [1.54, 1.807) is 7.11 Å². The standard InChI is InChI=1S/C19H31NO/c1-15(2)16-8-6-9-18(12-11-16)20-14-13-17-7-4-5-10-19(17)21-3/h4-5,7,10,15-16,18,20H,6,8-9,11-14H2,1-3H3. The Morgan fingerprint density at radius 3 is 2.71 bits per heavy atom. The highest BCUT2D eigenvalue weighted by Gasteiger charge is 2.20. The number of hydrogen-bond donors (Lipinski definition) is 1. The summed E-state index contributed by atoms with van der Waals surface area (Å²) in [5.74, 6) is 2.79. The van der Waals surface area contributed by atoms with Crippen molar-refractivity contribution in [2.45, 2.75) is 58.4 Å². The van der Waals surface area contributed by atoms with E-state index in [1.165, 1.54) is 37.7 Å². The van der Waals surface area contributed by atoms with E-state index in [0.29, 0.717) is 6.04 Å². The highest BCUT2D eigenvalue weighted by Crippen LogP contribution is 2.28. The van der Waals surface area contributed by atoms with Crippen molar-refractivity contribution in [1.29, 1.82) is 0 Å². The predicted octanol–water partition coefficient (Wildman–Crippen LogP) is 4.43. The molecule has 0 radical (unpaired) electrons. The molecule has 2 rings (SSSR count). The third-order valence-corrected chi connectivity index (χ3v) is 4.98. The summed E-state index contributed by atoms with van der Waals surface area (Å²) < 4.78 is 5.42. The summed E-state index contributed by atoms with van der Waals surface area (Å²) in [6.45, 7) is 5.80. The van der Waals surface area contributed by atoms with E-state index in [-0.39, 0.29) is 0 Å². The van der Waals surface area contributed by atoms with E-state index in [4.69, 9.17) is 4.74 Å². The van der Waals surface area contributed by atoms with E-state index in [0.717, 1.165) is 30.6 Å². The first-order valence-corrected chi connectivity index (χ1v) is 8.56. The molecule has 1 N–H and O–H groups in total. The number of hydrogen-bond acceptors (Lipinski definition) is 2. The zero-order valence-electron chi connectivity index (χ0n) is 13.9. The summed E-state index contributed by atoms with van der Waals surface area (Å²) >= 11 is 0. The normalized spacial score (nSPS) is 23.0. The molecule has 2 nitrogen and oxygen atoms in total. The Balaban J connectivity index is 1.76. The van der Waals surface area contributed by atoms with Crippen LogP contribution in [0.3, 0.4) is 0 Å². The van der Waals surface area contributed by atoms with Crippen LogP contribution >= 0.6 is 0 Å². The second-order valence-electron chi connectivity index (χ2n) is 6.73. The third-order valence-electron chi connectivity index (χ3n) is 4.98. The number of benzene rings is 1. The molecule has 0 saturated heterocycles. The van der Waals surface area contributed by atoms with Gasteiger partial charge in [-0.25, -0.2) is 0 Å². The molecule has 2 unspecified atom stereocenters. The fourth-order valence-corrected chi connectivity index (χ4v) is 3.52. The van der Waals surface area contributed by atoms with Gasteiger partial charge < -0.3 is 10.1 Å². The molecule has 21 heavy (non-hydrogen) atoms. The molecule has 2 atom stereocenters. The summed E-state index contributed by atoms with van der Waals surface area (Å²) in [6.07, 6.45) is 7.93. The first kappa shape index (κ1) is 16.4. The number of para-hydroxylation sites is 1. The largest absolute Gasteiger partial charge is 0.496 e. The van der Waals surface area contributed by atoms with Gasteiger partial charge in [0.2, 0.25) is 0 Å². The van der Waals surface area contributed by atoms with Crippen LogP contribution in [-0.2, 0) is 6.42 Å². The summed E-state index contributed by atoms with van der Waals surface area (Å²) in [5.41, 5.74) is 1.31. The Hall–Kier alpha value is -1.02. The van der Waals surface area contributed by atoms with Crippen LogP contribution < -0.4 is 10.1 Å². The zero-order valence-corrected chi connectivity index (χ0v) is 13.9. The smallest absolute Gasteiger partial charge is 0.122 e. The second-order valence-corrected chi connectivity index (χ2v) is 6.73. The van der Waals surface area contributed by atoms with Crippen molar-refractivity contribution < 1.29 is 4.74 Å². The van der Waals surface area contributed by atoms with E-state index in [1.807, 2.05) is 12.1 Å². The minimum Gasteiger partial charge on any atom is -0.496 e. The van der Waals surface area contributed by atoms with Crippen LogP contribution in [-0.4, -0.2) is 19.7 Å². The summed E-state index contributed by atoms with van der Waals surface area (Å²) in [7, 11) is 1.75. The Kier molecular flexibility index (Phi) is 6.56. The van der Waals surface area contributed by atoms with Crippen molar-refractivity contribution in [1.82, 2.24) is 5.32 Å². The highest BCUT2D eigenvalue weighted by molar-refractivity contribution is 5.33. The van der Waals surface area contributed by atoms with Gasteiger partial charge in [0.15, 0.2) is 0 Å². The average molecular weight is 289 g/mol. The lowest BCUT2D eigenvalue weighted by Crippen LogP contribution is -2.30. The maximum Gasteiger partial charge on any atom is 0.122 e. The first-order chi connectivity index (χ1) is 10.2. The van der Waals surface area contributed by atoms with Crippen LogP contribution in [0.5, 0.6) is 5.75 Å². The van der Waals surface area contributed by atoms with E-state index < -0.39 is 0 Å². The van der Waals surface area contributed by atoms with Gasteiger partial charge in [0.25, 0.3) is 0 Å². The summed E-state index contributed by atoms with van der Waals surface area (Å²) in [4.78, 5) is 0. The van der Waals surface area contributed by atoms with Gasteiger partial charge in [-0.15, -0.1) is 0 Å². The molecule has 118 valence electrons. The van der Waals surface area contributed by atoms with Crippen molar-refractivity contribution in [2.75, 3.05) is 13.7 Å². The lowest BCUT2D eigenvalue weighted by Gasteiger charge is -2.19. The molecule has 0 amide bonds. The van der Waals surface area contributed by atoms with Gasteiger partial charge in [0.1, 0.15) is 5.75 Å². The quantitative estimate of drug-likeness (QED) is 0.782. The highest BCUT2D eigenvalue weighted by atomic mass is 16.5. The monoisotopic (exact) mass is 289 g/mol. The van der Waals surface area contributed by atoms with Crippen molar-refractivity contribution >= 4 is 0 Å². The Bertz CT molecular complexity index is 416. The minimum atomic E-state index is 0.712. The fourth-order valence-electron chi connectivity index (χ4n) is 3.52. The van der Waals surface area contributed by atoms with Crippen molar-refractivity contribution in [2.24, 2.45) is 11.8 Å². The summed E-state index contributed by atoms with van der Waals surface area (Å²) in [6, 6.07) is 9.06. The van der Waals surface area contributed by atoms with Crippen LogP contribution in [0.15, 0.2) is 24.3 Å². The average Bonchev–Trinajstić information content (AvgIpc) is 2.73. The molecular formula is C19H31NO. The maximum absolute atomic E-state index is 5.42. The third kappa shape index (κ3) is 5.03. The molecule has 0 aromatic heterocycles. The molecule has 0 bridgehead atoms. The van der Waals surface area contributed by atoms with Crippen LogP contribution in [0, 0.1) is 11.8 Å². The van der Waals surface area contributed by atoms with Crippen LogP contribution in [0.4, 0.5) is 0 Å². The Morgan fingerprint density at radius 2 is 1.95 bits per heavy atom. The fraction of sp³-hybridized carbons (Fsp3) is 0.684. The van der Waals surface area contributed by atoms with Crippen molar-refractivity contribution in [3.8, 4) is 5.75 Å². The molecule has 0 aliphatic heterocycles. The number of methoxy groups -OCH3 is 1. The first-order valence-electron chi connectivity index (χ1n) is 8.56. The maximum atomic E-state index is 5.42. The number of ether oxygens (including phenoxy) is 1. The second kappa shape index (κ2) is 8.43. The SMILES string of the molecule is COc1ccccc1CCNC1CCCC(C(C)C)CC1. The summed E-state index contributed by atoms with van der Waals surface area (Å²) in [5, 5.41) is 3.77. The van der Waals surface area contributed by atoms with Gasteiger partial charge in [-0.2, -0.15) is 0 Å². The van der Waals surface area contributed by atoms with Gasteiger partial charge in [0, 0.05) is 6.04 Å². The molecular weight excluding hydrogens is 258 g/mol. The molecule has 1 aliphatic carbocycles. The zero-order chi connectivity index (χ0) is 15.1. The molecule has 1 aromatic carbocycles. The van der Waals surface area contributed by atoms with Crippen molar-refractivity contribution in [3.63, 3.8) is 0 Å². The number of rotatable bonds is 6. The predicted molar refractivity (Wildman–Crippen MR) is 89.9 cm³/mol. The van der Waals surface area contributed by atoms with E-state index in [9.17, 15) is 0 Å². The van der Waals surface area contributed by atoms with Crippen LogP contribution in [0.1, 0.15) is 51.5 Å². The van der Waals surface area contributed by atoms with Gasteiger partial charge in [-0.05, 0) is 55.7 Å². The van der Waals surface area contributed by atoms with Gasteiger partial charge in [-0.3, -0.25) is 0 Å². The Morgan fingerprint density at radius 1 is 1.14 bits per heavy atom. The molecule has 1 aromatic rings. The lowest BCUT2D eigenvalue weighted by molar-refractivity contribution is 0.338. The molecule has 1 aliphatic rings. The molecule has 0 spiro atoms. The lowest BCUT2D eigenvalue weighted by atomic mass is 9.89. The molecule has 1 saturated carbocycles. The van der Waals surface area contributed by atoms with Gasteiger partial charge >= 0.3 is 0 Å². The van der Waals surface area contributed by atoms with Crippen LogP contribution in [0.25, 0.3) is 0 Å². The molecule has 2 heteroatoms. The molecule has 0 heterocycles. The topological polar surface area (TPSA) is 21.3 Å².